The van der Waals surface area contributed by atoms with Crippen molar-refractivity contribution in [3.63, 3.8) is 0 Å². The molecule has 0 fully saturated rings. The molecule has 102 valence electrons. The van der Waals surface area contributed by atoms with Gasteiger partial charge in [-0.2, -0.15) is 5.10 Å². The summed E-state index contributed by atoms with van der Waals surface area (Å²) >= 11 is 0. The number of hydrogen-bond donors (Lipinski definition) is 2. The first-order valence-electron chi connectivity index (χ1n) is 5.56. The summed E-state index contributed by atoms with van der Waals surface area (Å²) in [6, 6.07) is 1.69. The van der Waals surface area contributed by atoms with E-state index in [9.17, 15) is 9.90 Å². The molecule has 0 aliphatic heterocycles. The second-order valence-corrected chi connectivity index (χ2v) is 4.80. The predicted molar refractivity (Wildman–Crippen MR) is 64.6 cm³/mol. The van der Waals surface area contributed by atoms with Gasteiger partial charge in [0.05, 0.1) is 6.20 Å². The second kappa shape index (κ2) is 5.83. The van der Waals surface area contributed by atoms with Crippen molar-refractivity contribution in [2.24, 2.45) is 7.05 Å². The molecule has 0 aliphatic rings. The highest BCUT2D eigenvalue weighted by molar-refractivity contribution is 5.74. The predicted octanol–water partition coefficient (Wildman–Crippen LogP) is 0.466. The molecule has 18 heavy (non-hydrogen) atoms. The quantitative estimate of drug-likeness (QED) is 0.589. The first-order valence-corrected chi connectivity index (χ1v) is 5.56. The third-order valence-corrected chi connectivity index (χ3v) is 1.92. The van der Waals surface area contributed by atoms with Crippen molar-refractivity contribution in [3.05, 3.63) is 12.3 Å². The molecule has 0 bridgehead atoms. The standard InChI is InChI=1S/C11H19N3O4/c1-11(2,3)18-10(16)8(15)7-17-13-9-5-6-12-14(9)4/h5-6,8,13,15H,7H2,1-4H3/t8-/m1/s1. The Labute approximate surface area is 106 Å². The molecule has 1 aromatic heterocycles. The van der Waals surface area contributed by atoms with E-state index in [-0.39, 0.29) is 6.61 Å². The van der Waals surface area contributed by atoms with Crippen molar-refractivity contribution in [1.29, 1.82) is 0 Å². The Morgan fingerprint density at radius 1 is 1.61 bits per heavy atom. The summed E-state index contributed by atoms with van der Waals surface area (Å²) in [6.07, 6.45) is 0.264. The van der Waals surface area contributed by atoms with E-state index < -0.39 is 17.7 Å². The van der Waals surface area contributed by atoms with Gasteiger partial charge < -0.3 is 9.84 Å². The van der Waals surface area contributed by atoms with Crippen LogP contribution in [0.4, 0.5) is 5.82 Å². The molecule has 0 unspecified atom stereocenters. The van der Waals surface area contributed by atoms with Gasteiger partial charge in [0.25, 0.3) is 0 Å². The zero-order valence-corrected chi connectivity index (χ0v) is 11.0. The van der Waals surface area contributed by atoms with Gasteiger partial charge in [-0.3, -0.25) is 9.52 Å². The summed E-state index contributed by atoms with van der Waals surface area (Å²) in [4.78, 5) is 16.4. The molecule has 1 atom stereocenters. The molecule has 0 aliphatic carbocycles. The Morgan fingerprint density at radius 3 is 2.78 bits per heavy atom. The fourth-order valence-electron chi connectivity index (χ4n) is 1.11. The molecule has 7 heteroatoms. The highest BCUT2D eigenvalue weighted by Gasteiger charge is 2.23. The topological polar surface area (TPSA) is 85.6 Å². The average Bonchev–Trinajstić information content (AvgIpc) is 2.62. The number of aromatic nitrogens is 2. The number of nitrogens with zero attached hydrogens (tertiary/aromatic N) is 2. The molecular formula is C11H19N3O4. The third-order valence-electron chi connectivity index (χ3n) is 1.92. The van der Waals surface area contributed by atoms with Crippen LogP contribution in [0.15, 0.2) is 12.3 Å². The van der Waals surface area contributed by atoms with E-state index in [0.29, 0.717) is 5.82 Å². The van der Waals surface area contributed by atoms with Crippen molar-refractivity contribution in [2.45, 2.75) is 32.5 Å². The first kappa shape index (κ1) is 14.5. The maximum absolute atomic E-state index is 11.4. The summed E-state index contributed by atoms with van der Waals surface area (Å²) in [6.45, 7) is 4.98. The first-order chi connectivity index (χ1) is 8.29. The minimum Gasteiger partial charge on any atom is -0.458 e. The highest BCUT2D eigenvalue weighted by Crippen LogP contribution is 2.09. The van der Waals surface area contributed by atoms with Gasteiger partial charge in [0, 0.05) is 13.1 Å². The Kier molecular flexibility index (Phi) is 4.69. The van der Waals surface area contributed by atoms with Crippen LogP contribution in [0.2, 0.25) is 0 Å². The number of hydrogen-bond acceptors (Lipinski definition) is 6. The molecule has 7 nitrogen and oxygen atoms in total. The average molecular weight is 257 g/mol. The normalized spacial score (nSPS) is 13.2. The van der Waals surface area contributed by atoms with Crippen molar-refractivity contribution in [3.8, 4) is 0 Å². The lowest BCUT2D eigenvalue weighted by molar-refractivity contribution is -0.167. The number of ether oxygens (including phenoxy) is 1. The molecule has 0 spiro atoms. The second-order valence-electron chi connectivity index (χ2n) is 4.80. The number of aliphatic hydroxyl groups excluding tert-OH is 1. The summed E-state index contributed by atoms with van der Waals surface area (Å²) < 4.78 is 6.55. The molecule has 1 aromatic rings. The van der Waals surface area contributed by atoms with Gasteiger partial charge in [-0.1, -0.05) is 0 Å². The van der Waals surface area contributed by atoms with Gasteiger partial charge in [-0.15, -0.1) is 0 Å². The highest BCUT2D eigenvalue weighted by atomic mass is 16.7. The van der Waals surface area contributed by atoms with Crippen LogP contribution in [0.1, 0.15) is 20.8 Å². The number of aliphatic hydroxyl groups is 1. The Bertz CT molecular complexity index is 397. The van der Waals surface area contributed by atoms with Gasteiger partial charge in [0.2, 0.25) is 0 Å². The van der Waals surface area contributed by atoms with Crippen molar-refractivity contribution in [1.82, 2.24) is 9.78 Å². The molecular weight excluding hydrogens is 238 g/mol. The van der Waals surface area contributed by atoms with Gasteiger partial charge in [-0.05, 0) is 20.8 Å². The number of esters is 1. The number of rotatable bonds is 5. The number of carbonyl (C=O) groups is 1. The van der Waals surface area contributed by atoms with Crippen LogP contribution in [0.25, 0.3) is 0 Å². The van der Waals surface area contributed by atoms with Crippen LogP contribution in [-0.4, -0.2) is 39.2 Å². The SMILES string of the molecule is Cn1nccc1NOC[C@@H](O)C(=O)OC(C)(C)C. The van der Waals surface area contributed by atoms with E-state index >= 15 is 0 Å². The zero-order chi connectivity index (χ0) is 13.8. The van der Waals surface area contributed by atoms with E-state index in [1.54, 1.807) is 44.8 Å². The minimum atomic E-state index is -1.33. The lowest BCUT2D eigenvalue weighted by atomic mass is 10.2. The number of anilines is 1. The summed E-state index contributed by atoms with van der Waals surface area (Å²) in [7, 11) is 1.73. The van der Waals surface area contributed by atoms with E-state index in [4.69, 9.17) is 9.57 Å². The molecule has 0 saturated heterocycles. The number of aryl methyl sites for hydroxylation is 1. The molecule has 0 saturated carbocycles. The molecule has 0 amide bonds. The molecule has 1 rings (SSSR count). The fourth-order valence-corrected chi connectivity index (χ4v) is 1.11. The molecule has 2 N–H and O–H groups in total. The largest absolute Gasteiger partial charge is 0.458 e. The summed E-state index contributed by atoms with van der Waals surface area (Å²) in [5.74, 6) is -0.0966. The Balaban J connectivity index is 2.31. The lowest BCUT2D eigenvalue weighted by Crippen LogP contribution is -2.35. The van der Waals surface area contributed by atoms with Crippen molar-refractivity contribution >= 4 is 11.8 Å². The van der Waals surface area contributed by atoms with Crippen LogP contribution in [0, 0.1) is 0 Å². The summed E-state index contributed by atoms with van der Waals surface area (Å²) in [5.41, 5.74) is 1.94. The third kappa shape index (κ3) is 4.72. The smallest absolute Gasteiger partial charge is 0.338 e. The van der Waals surface area contributed by atoms with E-state index in [2.05, 4.69) is 10.6 Å². The molecule has 0 radical (unpaired) electrons. The van der Waals surface area contributed by atoms with Crippen LogP contribution in [0.5, 0.6) is 0 Å². The van der Waals surface area contributed by atoms with Crippen LogP contribution >= 0.6 is 0 Å². The van der Waals surface area contributed by atoms with Crippen molar-refractivity contribution in [2.75, 3.05) is 12.1 Å². The van der Waals surface area contributed by atoms with Crippen LogP contribution in [0.3, 0.4) is 0 Å². The minimum absolute atomic E-state index is 0.208. The zero-order valence-electron chi connectivity index (χ0n) is 11.0. The monoisotopic (exact) mass is 257 g/mol. The van der Waals surface area contributed by atoms with Crippen molar-refractivity contribution < 1.29 is 19.5 Å². The van der Waals surface area contributed by atoms with Gasteiger partial charge in [-0.25, -0.2) is 10.3 Å². The van der Waals surface area contributed by atoms with E-state index in [0.717, 1.165) is 0 Å². The Morgan fingerprint density at radius 2 is 2.28 bits per heavy atom. The fraction of sp³-hybridized carbons (Fsp3) is 0.636. The van der Waals surface area contributed by atoms with E-state index in [1.165, 1.54) is 0 Å². The van der Waals surface area contributed by atoms with Crippen LogP contribution in [-0.2, 0) is 21.4 Å². The molecule has 1 heterocycles. The Hall–Kier alpha value is -1.60. The molecule has 0 aromatic carbocycles. The number of nitrogens with one attached hydrogen (secondary N) is 1. The van der Waals surface area contributed by atoms with Crippen LogP contribution < -0.4 is 5.48 Å². The maximum Gasteiger partial charge on any atom is 0.338 e. The maximum atomic E-state index is 11.4. The van der Waals surface area contributed by atoms with Gasteiger partial charge in [0.15, 0.2) is 6.10 Å². The van der Waals surface area contributed by atoms with Gasteiger partial charge in [0.1, 0.15) is 18.0 Å². The lowest BCUT2D eigenvalue weighted by Gasteiger charge is -2.21. The van der Waals surface area contributed by atoms with Gasteiger partial charge >= 0.3 is 5.97 Å². The number of carbonyl (C=O) groups excluding carboxylic acids is 1. The summed E-state index contributed by atoms with van der Waals surface area (Å²) in [5, 5.41) is 13.4. The van der Waals surface area contributed by atoms with E-state index in [1.807, 2.05) is 0 Å².